The topological polar surface area (TPSA) is 42.2 Å². The van der Waals surface area contributed by atoms with E-state index >= 15 is 0 Å². The highest BCUT2D eigenvalue weighted by Gasteiger charge is 2.27. The second-order valence-electron chi connectivity index (χ2n) is 2.83. The molecule has 3 nitrogen and oxygen atoms in total. The molecule has 80 valence electrons. The number of halogens is 3. The number of rotatable bonds is 3. The molecule has 0 bridgehead atoms. The van der Waals surface area contributed by atoms with E-state index in [0.717, 1.165) is 0 Å². The van der Waals surface area contributed by atoms with Crippen LogP contribution in [0.1, 0.15) is 6.42 Å². The second kappa shape index (κ2) is 4.04. The van der Waals surface area contributed by atoms with Gasteiger partial charge in [0, 0.05) is 13.6 Å². The summed E-state index contributed by atoms with van der Waals surface area (Å²) in [5, 5.41) is 1.01. The van der Waals surface area contributed by atoms with Gasteiger partial charge in [0.05, 0.1) is 12.6 Å². The Kier molecular flexibility index (Phi) is 3.20. The number of aromatic nitrogens is 1. The third-order valence-corrected chi connectivity index (χ3v) is 2.51. The highest BCUT2D eigenvalue weighted by Crippen LogP contribution is 2.25. The van der Waals surface area contributed by atoms with Gasteiger partial charge in [-0.1, -0.05) is 11.3 Å². The van der Waals surface area contributed by atoms with Crippen LogP contribution in [0.3, 0.4) is 0 Å². The third-order valence-electron chi connectivity index (χ3n) is 1.57. The van der Waals surface area contributed by atoms with Gasteiger partial charge in [-0.25, -0.2) is 4.98 Å². The van der Waals surface area contributed by atoms with Crippen molar-refractivity contribution in [1.82, 2.24) is 4.98 Å². The standard InChI is InChI=1S/C7H10F3N3S/c1-13(3-2-7(8,9)10)6-12-4-5(11)14-6/h4H,2-3,11H2,1H3. The van der Waals surface area contributed by atoms with Gasteiger partial charge in [-0.15, -0.1) is 0 Å². The summed E-state index contributed by atoms with van der Waals surface area (Å²) in [5.74, 6) is 0. The molecule has 14 heavy (non-hydrogen) atoms. The molecule has 0 aliphatic heterocycles. The monoisotopic (exact) mass is 225 g/mol. The van der Waals surface area contributed by atoms with Crippen LogP contribution in [0.4, 0.5) is 23.3 Å². The number of hydrogen-bond donors (Lipinski definition) is 1. The molecule has 0 aromatic carbocycles. The number of anilines is 2. The highest BCUT2D eigenvalue weighted by atomic mass is 32.1. The number of nitrogens with two attached hydrogens (primary N) is 1. The van der Waals surface area contributed by atoms with Gasteiger partial charge in [0.15, 0.2) is 5.13 Å². The van der Waals surface area contributed by atoms with E-state index in [0.29, 0.717) is 10.1 Å². The van der Waals surface area contributed by atoms with Crippen LogP contribution >= 0.6 is 11.3 Å². The molecule has 0 saturated carbocycles. The van der Waals surface area contributed by atoms with Crippen molar-refractivity contribution in [2.75, 3.05) is 24.2 Å². The molecule has 0 amide bonds. The average Bonchev–Trinajstić information content (AvgIpc) is 2.46. The summed E-state index contributed by atoms with van der Waals surface area (Å²) < 4.78 is 35.6. The van der Waals surface area contributed by atoms with Crippen LogP contribution in [0.15, 0.2) is 6.20 Å². The Morgan fingerprint density at radius 1 is 1.57 bits per heavy atom. The summed E-state index contributed by atoms with van der Waals surface area (Å²) in [6.45, 7) is -0.101. The molecule has 0 fully saturated rings. The third kappa shape index (κ3) is 3.41. The van der Waals surface area contributed by atoms with E-state index < -0.39 is 12.6 Å². The van der Waals surface area contributed by atoms with Gasteiger partial charge in [-0.2, -0.15) is 13.2 Å². The fraction of sp³-hybridized carbons (Fsp3) is 0.571. The largest absolute Gasteiger partial charge is 0.390 e. The number of alkyl halides is 3. The van der Waals surface area contributed by atoms with Gasteiger partial charge in [-0.3, -0.25) is 0 Å². The second-order valence-corrected chi connectivity index (χ2v) is 3.87. The summed E-state index contributed by atoms with van der Waals surface area (Å²) in [4.78, 5) is 5.31. The lowest BCUT2D eigenvalue weighted by atomic mass is 10.4. The van der Waals surface area contributed by atoms with Gasteiger partial charge in [-0.05, 0) is 0 Å². The number of hydrogen-bond acceptors (Lipinski definition) is 4. The van der Waals surface area contributed by atoms with Crippen LogP contribution < -0.4 is 10.6 Å². The maximum Gasteiger partial charge on any atom is 0.390 e. The molecular weight excluding hydrogens is 215 g/mol. The zero-order valence-electron chi connectivity index (χ0n) is 7.51. The number of thiazole rings is 1. The zero-order chi connectivity index (χ0) is 10.8. The van der Waals surface area contributed by atoms with Crippen molar-refractivity contribution >= 4 is 21.5 Å². The molecule has 7 heteroatoms. The van der Waals surface area contributed by atoms with E-state index in [-0.39, 0.29) is 6.54 Å². The summed E-state index contributed by atoms with van der Waals surface area (Å²) in [7, 11) is 1.56. The molecule has 0 atom stereocenters. The summed E-state index contributed by atoms with van der Waals surface area (Å²) >= 11 is 1.17. The maximum absolute atomic E-state index is 11.9. The first-order valence-corrected chi connectivity index (χ1v) is 4.69. The fourth-order valence-electron chi connectivity index (χ4n) is 0.844. The summed E-state index contributed by atoms with van der Waals surface area (Å²) in [6, 6.07) is 0. The zero-order valence-corrected chi connectivity index (χ0v) is 8.32. The Morgan fingerprint density at radius 3 is 2.64 bits per heavy atom. The predicted octanol–water partition coefficient (Wildman–Crippen LogP) is 2.11. The van der Waals surface area contributed by atoms with Crippen molar-refractivity contribution in [3.05, 3.63) is 6.20 Å². The van der Waals surface area contributed by atoms with Gasteiger partial charge in [0.25, 0.3) is 0 Å². The van der Waals surface area contributed by atoms with E-state index in [1.165, 1.54) is 22.4 Å². The first kappa shape index (κ1) is 11.1. The Hall–Kier alpha value is -0.980. The van der Waals surface area contributed by atoms with Gasteiger partial charge >= 0.3 is 6.18 Å². The minimum Gasteiger partial charge on any atom is -0.389 e. The summed E-state index contributed by atoms with van der Waals surface area (Å²) in [6.07, 6.45) is -3.54. The normalized spacial score (nSPS) is 11.7. The van der Waals surface area contributed by atoms with E-state index in [9.17, 15) is 13.2 Å². The highest BCUT2D eigenvalue weighted by molar-refractivity contribution is 7.19. The van der Waals surface area contributed by atoms with Crippen LogP contribution in [0, 0.1) is 0 Å². The van der Waals surface area contributed by atoms with Crippen LogP contribution in [0.5, 0.6) is 0 Å². The minimum atomic E-state index is -4.13. The Balaban J connectivity index is 2.47. The smallest absolute Gasteiger partial charge is 0.389 e. The summed E-state index contributed by atoms with van der Waals surface area (Å²) in [5.41, 5.74) is 5.41. The Labute approximate surface area is 83.3 Å². The lowest BCUT2D eigenvalue weighted by molar-refractivity contribution is -0.132. The SMILES string of the molecule is CN(CCC(F)(F)F)c1ncc(N)s1. The lowest BCUT2D eigenvalue weighted by Gasteiger charge is -2.16. The van der Waals surface area contributed by atoms with E-state index in [2.05, 4.69) is 4.98 Å². The molecular formula is C7H10F3N3S. The molecule has 0 radical (unpaired) electrons. The number of nitrogens with zero attached hydrogens (tertiary/aromatic N) is 2. The fourth-order valence-corrected chi connectivity index (χ4v) is 1.51. The van der Waals surface area contributed by atoms with E-state index in [1.54, 1.807) is 7.05 Å². The van der Waals surface area contributed by atoms with Crippen molar-refractivity contribution in [3.8, 4) is 0 Å². The van der Waals surface area contributed by atoms with Gasteiger partial charge < -0.3 is 10.6 Å². The first-order valence-electron chi connectivity index (χ1n) is 3.87. The molecule has 0 spiro atoms. The van der Waals surface area contributed by atoms with Crippen LogP contribution in [0.2, 0.25) is 0 Å². The van der Waals surface area contributed by atoms with Crippen molar-refractivity contribution in [1.29, 1.82) is 0 Å². The minimum absolute atomic E-state index is 0.101. The lowest BCUT2D eigenvalue weighted by Crippen LogP contribution is -2.23. The number of nitrogen functional groups attached to an aromatic ring is 1. The molecule has 0 aliphatic rings. The van der Waals surface area contributed by atoms with Crippen molar-refractivity contribution in [2.45, 2.75) is 12.6 Å². The van der Waals surface area contributed by atoms with Crippen molar-refractivity contribution < 1.29 is 13.2 Å². The molecule has 2 N–H and O–H groups in total. The molecule has 0 aliphatic carbocycles. The first-order chi connectivity index (χ1) is 6.38. The van der Waals surface area contributed by atoms with Gasteiger partial charge in [0.1, 0.15) is 5.00 Å². The van der Waals surface area contributed by atoms with Crippen molar-refractivity contribution in [3.63, 3.8) is 0 Å². The van der Waals surface area contributed by atoms with Crippen LogP contribution in [-0.2, 0) is 0 Å². The van der Waals surface area contributed by atoms with Crippen LogP contribution in [-0.4, -0.2) is 24.8 Å². The molecule has 0 saturated heterocycles. The molecule has 1 rings (SSSR count). The Morgan fingerprint density at radius 2 is 2.21 bits per heavy atom. The average molecular weight is 225 g/mol. The predicted molar refractivity (Wildman–Crippen MR) is 50.5 cm³/mol. The Bertz CT molecular complexity index is 297. The molecule has 1 aromatic heterocycles. The van der Waals surface area contributed by atoms with Gasteiger partial charge in [0.2, 0.25) is 0 Å². The molecule has 1 aromatic rings. The molecule has 1 heterocycles. The van der Waals surface area contributed by atoms with Crippen LogP contribution in [0.25, 0.3) is 0 Å². The van der Waals surface area contributed by atoms with Crippen molar-refractivity contribution in [2.24, 2.45) is 0 Å². The molecule has 0 unspecified atom stereocenters. The van der Waals surface area contributed by atoms with E-state index in [1.807, 2.05) is 0 Å². The van der Waals surface area contributed by atoms with E-state index in [4.69, 9.17) is 5.73 Å². The quantitative estimate of drug-likeness (QED) is 0.856. The maximum atomic E-state index is 11.9.